The third kappa shape index (κ3) is 2.17. The minimum absolute atomic E-state index is 0.0118. The molecule has 2 aliphatic rings. The van der Waals surface area contributed by atoms with E-state index >= 15 is 0 Å². The SMILES string of the molecule is CC(C)(C)OC(=O)N1C[C@@H]2c3c(N)cccc3O[C@@H]2C1. The number of rotatable bonds is 0. The second-order valence-electron chi connectivity index (χ2n) is 6.41. The highest BCUT2D eigenvalue weighted by molar-refractivity contribution is 5.70. The highest BCUT2D eigenvalue weighted by Gasteiger charge is 2.45. The maximum absolute atomic E-state index is 12.1. The molecule has 0 spiro atoms. The van der Waals surface area contributed by atoms with Gasteiger partial charge in [-0.2, -0.15) is 0 Å². The van der Waals surface area contributed by atoms with Gasteiger partial charge in [-0.3, -0.25) is 0 Å². The van der Waals surface area contributed by atoms with E-state index in [4.69, 9.17) is 15.2 Å². The summed E-state index contributed by atoms with van der Waals surface area (Å²) in [7, 11) is 0. The van der Waals surface area contributed by atoms with Crippen LogP contribution >= 0.6 is 0 Å². The summed E-state index contributed by atoms with van der Waals surface area (Å²) in [5, 5.41) is 0. The third-order valence-corrected chi connectivity index (χ3v) is 3.67. The largest absolute Gasteiger partial charge is 0.487 e. The van der Waals surface area contributed by atoms with Crippen molar-refractivity contribution in [3.8, 4) is 5.75 Å². The maximum Gasteiger partial charge on any atom is 0.410 e. The molecule has 1 aromatic rings. The van der Waals surface area contributed by atoms with Gasteiger partial charge >= 0.3 is 6.09 Å². The fraction of sp³-hybridized carbons (Fsp3) is 0.533. The zero-order valence-electron chi connectivity index (χ0n) is 12.1. The van der Waals surface area contributed by atoms with Gasteiger partial charge in [0.2, 0.25) is 0 Å². The average molecular weight is 276 g/mol. The molecule has 1 saturated heterocycles. The predicted octanol–water partition coefficient (Wildman–Crippen LogP) is 2.36. The van der Waals surface area contributed by atoms with Crippen LogP contribution in [0.25, 0.3) is 0 Å². The molecule has 0 bridgehead atoms. The van der Waals surface area contributed by atoms with E-state index in [1.54, 1.807) is 4.90 Å². The van der Waals surface area contributed by atoms with Crippen LogP contribution in [0, 0.1) is 0 Å². The first kappa shape index (κ1) is 13.1. The molecule has 0 saturated carbocycles. The van der Waals surface area contributed by atoms with Crippen molar-refractivity contribution < 1.29 is 14.3 Å². The molecular formula is C15H20N2O3. The molecule has 1 fully saturated rings. The normalized spacial score (nSPS) is 24.1. The number of anilines is 1. The van der Waals surface area contributed by atoms with E-state index in [1.165, 1.54) is 0 Å². The van der Waals surface area contributed by atoms with Gasteiger partial charge in [-0.25, -0.2) is 4.79 Å². The fourth-order valence-corrected chi connectivity index (χ4v) is 2.87. The van der Waals surface area contributed by atoms with Crippen molar-refractivity contribution in [2.75, 3.05) is 18.8 Å². The molecule has 0 aliphatic carbocycles. The molecule has 20 heavy (non-hydrogen) atoms. The van der Waals surface area contributed by atoms with E-state index in [1.807, 2.05) is 39.0 Å². The molecule has 3 rings (SSSR count). The Morgan fingerprint density at radius 2 is 2.15 bits per heavy atom. The van der Waals surface area contributed by atoms with Crippen LogP contribution in [-0.2, 0) is 4.74 Å². The Hall–Kier alpha value is -1.91. The molecule has 2 N–H and O–H groups in total. The van der Waals surface area contributed by atoms with Crippen molar-refractivity contribution in [2.24, 2.45) is 0 Å². The summed E-state index contributed by atoms with van der Waals surface area (Å²) < 4.78 is 11.3. The van der Waals surface area contributed by atoms with Gasteiger partial charge in [0.05, 0.1) is 6.54 Å². The number of nitrogen functional groups attached to an aromatic ring is 1. The smallest absolute Gasteiger partial charge is 0.410 e. The zero-order valence-corrected chi connectivity index (χ0v) is 12.1. The van der Waals surface area contributed by atoms with Crippen LogP contribution < -0.4 is 10.5 Å². The molecular weight excluding hydrogens is 256 g/mol. The molecule has 2 heterocycles. The third-order valence-electron chi connectivity index (χ3n) is 3.67. The number of carbonyl (C=O) groups is 1. The van der Waals surface area contributed by atoms with Crippen LogP contribution in [0.4, 0.5) is 10.5 Å². The van der Waals surface area contributed by atoms with Gasteiger partial charge in [-0.15, -0.1) is 0 Å². The number of hydrogen-bond acceptors (Lipinski definition) is 4. The number of fused-ring (bicyclic) bond motifs is 3. The lowest BCUT2D eigenvalue weighted by molar-refractivity contribution is 0.0273. The number of nitrogens with zero attached hydrogens (tertiary/aromatic N) is 1. The molecule has 5 heteroatoms. The lowest BCUT2D eigenvalue weighted by atomic mass is 9.97. The molecule has 0 radical (unpaired) electrons. The Morgan fingerprint density at radius 3 is 2.85 bits per heavy atom. The van der Waals surface area contributed by atoms with Gasteiger partial charge in [0.1, 0.15) is 17.5 Å². The molecule has 5 nitrogen and oxygen atoms in total. The summed E-state index contributed by atoms with van der Waals surface area (Å²) >= 11 is 0. The fourth-order valence-electron chi connectivity index (χ4n) is 2.87. The highest BCUT2D eigenvalue weighted by atomic mass is 16.6. The highest BCUT2D eigenvalue weighted by Crippen LogP contribution is 2.45. The minimum atomic E-state index is -0.480. The number of hydrogen-bond donors (Lipinski definition) is 1. The Morgan fingerprint density at radius 1 is 1.40 bits per heavy atom. The summed E-state index contributed by atoms with van der Waals surface area (Å²) in [5.74, 6) is 1.00. The number of nitrogens with two attached hydrogens (primary N) is 1. The molecule has 2 atom stereocenters. The van der Waals surface area contributed by atoms with E-state index in [0.717, 1.165) is 17.0 Å². The molecule has 0 aromatic heterocycles. The Balaban J connectivity index is 1.76. The number of carbonyl (C=O) groups excluding carboxylic acids is 1. The summed E-state index contributed by atoms with van der Waals surface area (Å²) in [5.41, 5.74) is 7.33. The van der Waals surface area contributed by atoms with E-state index in [2.05, 4.69) is 0 Å². The molecule has 1 amide bonds. The summed E-state index contributed by atoms with van der Waals surface area (Å²) in [6.45, 7) is 6.75. The van der Waals surface area contributed by atoms with Crippen molar-refractivity contribution >= 4 is 11.8 Å². The van der Waals surface area contributed by atoms with Crippen molar-refractivity contribution in [3.05, 3.63) is 23.8 Å². The van der Waals surface area contributed by atoms with Crippen LogP contribution in [0.2, 0.25) is 0 Å². The average Bonchev–Trinajstić information content (AvgIpc) is 2.83. The van der Waals surface area contributed by atoms with Crippen molar-refractivity contribution in [1.82, 2.24) is 4.90 Å². The van der Waals surface area contributed by atoms with Crippen LogP contribution in [0.1, 0.15) is 32.3 Å². The minimum Gasteiger partial charge on any atom is -0.487 e. The van der Waals surface area contributed by atoms with Crippen molar-refractivity contribution in [1.29, 1.82) is 0 Å². The quantitative estimate of drug-likeness (QED) is 0.739. The van der Waals surface area contributed by atoms with Crippen molar-refractivity contribution in [2.45, 2.75) is 38.4 Å². The van der Waals surface area contributed by atoms with Crippen LogP contribution in [-0.4, -0.2) is 35.8 Å². The predicted molar refractivity (Wildman–Crippen MR) is 75.8 cm³/mol. The maximum atomic E-state index is 12.1. The number of amides is 1. The molecule has 2 aliphatic heterocycles. The monoisotopic (exact) mass is 276 g/mol. The molecule has 1 aromatic carbocycles. The molecule has 0 unspecified atom stereocenters. The summed E-state index contributed by atoms with van der Waals surface area (Å²) in [6, 6.07) is 5.70. The lowest BCUT2D eigenvalue weighted by Gasteiger charge is -2.24. The number of benzene rings is 1. The standard InChI is InChI=1S/C15H20N2O3/c1-15(2,3)20-14(18)17-7-9-12(8-17)19-11-6-4-5-10(16)13(9)11/h4-6,9,12H,7-8,16H2,1-3H3/t9-,12+/m0/s1. The van der Waals surface area contributed by atoms with Crippen molar-refractivity contribution in [3.63, 3.8) is 0 Å². The van der Waals surface area contributed by atoms with Gasteiger partial charge in [0.25, 0.3) is 0 Å². The number of ether oxygens (including phenoxy) is 2. The Labute approximate surface area is 118 Å². The second kappa shape index (κ2) is 4.30. The first-order valence-corrected chi connectivity index (χ1v) is 6.88. The van der Waals surface area contributed by atoms with E-state index < -0.39 is 5.60 Å². The van der Waals surface area contributed by atoms with Crippen LogP contribution in [0.3, 0.4) is 0 Å². The first-order chi connectivity index (χ1) is 9.35. The zero-order chi connectivity index (χ0) is 14.5. The van der Waals surface area contributed by atoms with Gasteiger partial charge in [0.15, 0.2) is 0 Å². The second-order valence-corrected chi connectivity index (χ2v) is 6.41. The van der Waals surface area contributed by atoms with Gasteiger partial charge in [-0.05, 0) is 32.9 Å². The summed E-state index contributed by atoms with van der Waals surface area (Å²) in [4.78, 5) is 13.8. The summed E-state index contributed by atoms with van der Waals surface area (Å²) in [6.07, 6.45) is -0.297. The number of likely N-dealkylation sites (tertiary alicyclic amines) is 1. The van der Waals surface area contributed by atoms with E-state index in [0.29, 0.717) is 13.1 Å². The van der Waals surface area contributed by atoms with Gasteiger partial charge in [0, 0.05) is 23.7 Å². The first-order valence-electron chi connectivity index (χ1n) is 6.88. The molecule has 108 valence electrons. The Kier molecular flexibility index (Phi) is 2.81. The van der Waals surface area contributed by atoms with Gasteiger partial charge < -0.3 is 20.1 Å². The lowest BCUT2D eigenvalue weighted by Crippen LogP contribution is -2.36. The Bertz CT molecular complexity index is 551. The van der Waals surface area contributed by atoms with Crippen LogP contribution in [0.15, 0.2) is 18.2 Å². The van der Waals surface area contributed by atoms with E-state index in [-0.39, 0.29) is 18.1 Å². The topological polar surface area (TPSA) is 64.8 Å². The van der Waals surface area contributed by atoms with Crippen LogP contribution in [0.5, 0.6) is 5.75 Å². The van der Waals surface area contributed by atoms with Gasteiger partial charge in [-0.1, -0.05) is 6.07 Å². The van der Waals surface area contributed by atoms with E-state index in [9.17, 15) is 4.79 Å².